The topological polar surface area (TPSA) is 66.4 Å². The molecule has 1 aromatic rings. The smallest absolute Gasteiger partial charge is 0.230 e. The summed E-state index contributed by atoms with van der Waals surface area (Å²) in [5.41, 5.74) is 0.907. The third-order valence-corrected chi connectivity index (χ3v) is 3.95. The molecule has 0 unspecified atom stereocenters. The van der Waals surface area contributed by atoms with Crippen LogP contribution < -0.4 is 5.32 Å². The van der Waals surface area contributed by atoms with Crippen molar-refractivity contribution in [2.75, 3.05) is 11.5 Å². The molecule has 1 amide bonds. The number of Topliss-reactive ketones (excluding diaryl/α,β-unsaturated/α-hetero) is 1. The van der Waals surface area contributed by atoms with Gasteiger partial charge in [-0.2, -0.15) is 11.8 Å². The van der Waals surface area contributed by atoms with E-state index in [0.717, 1.165) is 17.7 Å². The number of thioether (sulfide) groups is 1. The van der Waals surface area contributed by atoms with Gasteiger partial charge in [0.2, 0.25) is 5.91 Å². The van der Waals surface area contributed by atoms with Crippen molar-refractivity contribution in [3.8, 4) is 5.75 Å². The van der Waals surface area contributed by atoms with Gasteiger partial charge in [-0.25, -0.2) is 0 Å². The molecule has 0 heterocycles. The monoisotopic (exact) mass is 295 g/mol. The molecule has 0 fully saturated rings. The molecule has 1 atom stereocenters. The van der Waals surface area contributed by atoms with Crippen LogP contribution in [0.3, 0.4) is 0 Å². The number of carbonyl (C=O) groups is 2. The quantitative estimate of drug-likeness (QED) is 0.721. The van der Waals surface area contributed by atoms with Gasteiger partial charge in [0.05, 0.1) is 11.8 Å². The lowest BCUT2D eigenvalue weighted by Crippen LogP contribution is -2.42. The molecule has 0 saturated heterocycles. The first-order valence-corrected chi connectivity index (χ1v) is 7.84. The van der Waals surface area contributed by atoms with Crippen LogP contribution in [0.25, 0.3) is 0 Å². The second kappa shape index (κ2) is 8.64. The van der Waals surface area contributed by atoms with E-state index in [0.29, 0.717) is 12.2 Å². The number of phenolic OH excluding ortho intramolecular Hbond substituents is 1. The first kappa shape index (κ1) is 16.6. The summed E-state index contributed by atoms with van der Waals surface area (Å²) in [4.78, 5) is 23.4. The van der Waals surface area contributed by atoms with Crippen LogP contribution in [0.15, 0.2) is 24.3 Å². The summed E-state index contributed by atoms with van der Waals surface area (Å²) >= 11 is 1.57. The molecule has 0 spiro atoms. The third kappa shape index (κ3) is 6.10. The average molecular weight is 295 g/mol. The van der Waals surface area contributed by atoms with Gasteiger partial charge in [-0.15, -0.1) is 0 Å². The molecule has 1 aromatic carbocycles. The minimum absolute atomic E-state index is 0.0630. The maximum Gasteiger partial charge on any atom is 0.230 e. The van der Waals surface area contributed by atoms with E-state index < -0.39 is 6.04 Å². The fourth-order valence-corrected chi connectivity index (χ4v) is 2.41. The van der Waals surface area contributed by atoms with E-state index >= 15 is 0 Å². The maximum absolute atomic E-state index is 11.8. The Labute approximate surface area is 124 Å². The Bertz CT molecular complexity index is 445. The van der Waals surface area contributed by atoms with Crippen LogP contribution >= 0.6 is 11.8 Å². The van der Waals surface area contributed by atoms with Crippen LogP contribution in [-0.2, 0) is 16.0 Å². The molecular weight excluding hydrogens is 274 g/mol. The fourth-order valence-electron chi connectivity index (χ4n) is 1.71. The number of amides is 1. The Morgan fingerprint density at radius 2 is 1.95 bits per heavy atom. The van der Waals surface area contributed by atoms with Gasteiger partial charge in [0.1, 0.15) is 5.75 Å². The van der Waals surface area contributed by atoms with Crippen molar-refractivity contribution in [2.45, 2.75) is 32.7 Å². The van der Waals surface area contributed by atoms with Crippen molar-refractivity contribution in [2.24, 2.45) is 0 Å². The number of carbonyl (C=O) groups excluding carboxylic acids is 2. The molecule has 0 aromatic heterocycles. The molecule has 5 heteroatoms. The lowest BCUT2D eigenvalue weighted by Gasteiger charge is -2.16. The van der Waals surface area contributed by atoms with E-state index in [1.165, 1.54) is 6.92 Å². The number of phenols is 1. The molecular formula is C15H21NO3S. The van der Waals surface area contributed by atoms with Crippen molar-refractivity contribution in [3.05, 3.63) is 29.8 Å². The van der Waals surface area contributed by atoms with E-state index in [1.807, 2.05) is 0 Å². The zero-order valence-corrected chi connectivity index (χ0v) is 12.7. The zero-order chi connectivity index (χ0) is 15.0. The summed E-state index contributed by atoms with van der Waals surface area (Å²) in [6.07, 6.45) is 1.47. The van der Waals surface area contributed by atoms with E-state index in [-0.39, 0.29) is 17.4 Å². The summed E-state index contributed by atoms with van der Waals surface area (Å²) in [6, 6.07) is 6.15. The predicted molar refractivity (Wildman–Crippen MR) is 82.0 cm³/mol. The minimum atomic E-state index is -0.505. The van der Waals surface area contributed by atoms with E-state index in [2.05, 4.69) is 12.2 Å². The number of rotatable bonds is 8. The fraction of sp³-hybridized carbons (Fsp3) is 0.467. The molecule has 2 N–H and O–H groups in total. The van der Waals surface area contributed by atoms with Crippen molar-refractivity contribution in [1.29, 1.82) is 0 Å². The predicted octanol–water partition coefficient (Wildman–Crippen LogP) is 2.15. The number of hydrogen-bond donors (Lipinski definition) is 2. The van der Waals surface area contributed by atoms with Gasteiger partial charge < -0.3 is 10.4 Å². The summed E-state index contributed by atoms with van der Waals surface area (Å²) in [5.74, 6) is 1.34. The highest BCUT2D eigenvalue weighted by molar-refractivity contribution is 7.99. The van der Waals surface area contributed by atoms with Gasteiger partial charge in [0.25, 0.3) is 0 Å². The van der Waals surface area contributed by atoms with Crippen LogP contribution in [-0.4, -0.2) is 34.3 Å². The van der Waals surface area contributed by atoms with Gasteiger partial charge in [0, 0.05) is 0 Å². The number of aromatic hydroxyl groups is 1. The minimum Gasteiger partial charge on any atom is -0.508 e. The Hall–Kier alpha value is -1.49. The SMILES string of the molecule is CCCSCC(=O)N[C@@H](Cc1ccc(O)cc1)C(C)=O. The summed E-state index contributed by atoms with van der Waals surface area (Å²) in [5, 5.41) is 12.0. The van der Waals surface area contributed by atoms with E-state index in [1.54, 1.807) is 36.0 Å². The molecule has 4 nitrogen and oxygen atoms in total. The van der Waals surface area contributed by atoms with Gasteiger partial charge in [-0.05, 0) is 43.2 Å². The first-order valence-electron chi connectivity index (χ1n) is 6.68. The Kier molecular flexibility index (Phi) is 7.15. The number of nitrogens with one attached hydrogen (secondary N) is 1. The van der Waals surface area contributed by atoms with Crippen molar-refractivity contribution in [3.63, 3.8) is 0 Å². The average Bonchev–Trinajstić information content (AvgIpc) is 2.40. The molecule has 0 bridgehead atoms. The standard InChI is InChI=1S/C15H21NO3S/c1-3-8-20-10-15(19)16-14(11(2)17)9-12-4-6-13(18)7-5-12/h4-7,14,18H,3,8-10H2,1-2H3,(H,16,19)/t14-/m0/s1. The number of benzene rings is 1. The van der Waals surface area contributed by atoms with E-state index in [4.69, 9.17) is 0 Å². The maximum atomic E-state index is 11.8. The van der Waals surface area contributed by atoms with Crippen molar-refractivity contribution in [1.82, 2.24) is 5.32 Å². The number of ketones is 1. The molecule has 0 aliphatic carbocycles. The number of hydrogen-bond acceptors (Lipinski definition) is 4. The van der Waals surface area contributed by atoms with Crippen LogP contribution in [0.4, 0.5) is 0 Å². The van der Waals surface area contributed by atoms with Gasteiger partial charge >= 0.3 is 0 Å². The molecule has 0 radical (unpaired) electrons. The molecule has 0 aliphatic rings. The lowest BCUT2D eigenvalue weighted by atomic mass is 10.0. The molecule has 1 rings (SSSR count). The summed E-state index contributed by atoms with van der Waals surface area (Å²) in [6.45, 7) is 3.54. The van der Waals surface area contributed by atoms with Crippen molar-refractivity contribution >= 4 is 23.5 Å². The Morgan fingerprint density at radius 1 is 1.30 bits per heavy atom. The second-order valence-electron chi connectivity index (χ2n) is 4.65. The molecule has 0 saturated carbocycles. The van der Waals surface area contributed by atoms with Gasteiger partial charge in [-0.3, -0.25) is 9.59 Å². The van der Waals surface area contributed by atoms with Crippen LogP contribution in [0.2, 0.25) is 0 Å². The van der Waals surface area contributed by atoms with Crippen LogP contribution in [0, 0.1) is 0 Å². The largest absolute Gasteiger partial charge is 0.508 e. The molecule has 110 valence electrons. The molecule has 20 heavy (non-hydrogen) atoms. The van der Waals surface area contributed by atoms with Crippen molar-refractivity contribution < 1.29 is 14.7 Å². The highest BCUT2D eigenvalue weighted by atomic mass is 32.2. The normalized spacial score (nSPS) is 11.9. The second-order valence-corrected chi connectivity index (χ2v) is 5.76. The lowest BCUT2D eigenvalue weighted by molar-refractivity contribution is -0.125. The highest BCUT2D eigenvalue weighted by Crippen LogP contribution is 2.12. The summed E-state index contributed by atoms with van der Waals surface area (Å²) in [7, 11) is 0. The van der Waals surface area contributed by atoms with Gasteiger partial charge in [-0.1, -0.05) is 19.1 Å². The van der Waals surface area contributed by atoms with Gasteiger partial charge in [0.15, 0.2) is 5.78 Å². The van der Waals surface area contributed by atoms with Crippen LogP contribution in [0.1, 0.15) is 25.8 Å². The summed E-state index contributed by atoms with van der Waals surface area (Å²) < 4.78 is 0. The zero-order valence-electron chi connectivity index (χ0n) is 11.9. The Balaban J connectivity index is 2.54. The third-order valence-electron chi connectivity index (χ3n) is 2.78. The van der Waals surface area contributed by atoms with Crippen LogP contribution in [0.5, 0.6) is 5.75 Å². The molecule has 0 aliphatic heterocycles. The Morgan fingerprint density at radius 3 is 2.50 bits per heavy atom. The van der Waals surface area contributed by atoms with E-state index in [9.17, 15) is 14.7 Å². The highest BCUT2D eigenvalue weighted by Gasteiger charge is 2.17. The first-order chi connectivity index (χ1) is 9.52.